The van der Waals surface area contributed by atoms with Crippen LogP contribution in [0.2, 0.25) is 0 Å². The van der Waals surface area contributed by atoms with E-state index in [0.717, 1.165) is 11.4 Å². The Labute approximate surface area is 158 Å². The van der Waals surface area contributed by atoms with Crippen molar-refractivity contribution >= 4 is 29.0 Å². The third kappa shape index (κ3) is 4.61. The number of methoxy groups -OCH3 is 1. The minimum atomic E-state index is -0.381. The summed E-state index contributed by atoms with van der Waals surface area (Å²) in [7, 11) is 1.36. The molecule has 0 aliphatic rings. The highest BCUT2D eigenvalue weighted by Crippen LogP contribution is 2.27. The topological polar surface area (TPSA) is 76.1 Å². The molecular weight excluding hydrogens is 340 g/mol. The van der Waals surface area contributed by atoms with Crippen molar-refractivity contribution in [2.24, 2.45) is 0 Å². The van der Waals surface area contributed by atoms with E-state index in [2.05, 4.69) is 40.5 Å². The highest BCUT2D eigenvalue weighted by Gasteiger charge is 2.09. The van der Waals surface area contributed by atoms with Gasteiger partial charge in [-0.3, -0.25) is 0 Å². The number of benzene rings is 2. The Bertz CT molecular complexity index is 941. The summed E-state index contributed by atoms with van der Waals surface area (Å²) in [4.78, 5) is 20.2. The molecule has 0 saturated heterocycles. The van der Waals surface area contributed by atoms with Crippen molar-refractivity contribution < 1.29 is 9.53 Å². The number of hydrogen-bond acceptors (Lipinski definition) is 6. The normalized spacial score (nSPS) is 10.5. The number of nitrogens with zero attached hydrogens (tertiary/aromatic N) is 2. The molecule has 2 N–H and O–H groups in total. The van der Waals surface area contributed by atoms with Crippen molar-refractivity contribution in [3.05, 3.63) is 72.1 Å². The Balaban J connectivity index is 1.80. The molecule has 2 aromatic carbocycles. The molecule has 0 bridgehead atoms. The number of anilines is 4. The van der Waals surface area contributed by atoms with E-state index >= 15 is 0 Å². The highest BCUT2D eigenvalue weighted by atomic mass is 16.5. The summed E-state index contributed by atoms with van der Waals surface area (Å²) in [6.45, 7) is 4.31. The van der Waals surface area contributed by atoms with E-state index in [0.29, 0.717) is 23.1 Å². The summed E-state index contributed by atoms with van der Waals surface area (Å²) in [6.07, 6.45) is 1.49. The Morgan fingerprint density at radius 1 is 0.963 bits per heavy atom. The standard InChI is InChI=1S/C21H22N4O2/c1-14(2)17-9-4-5-10-18(17)25-20-12-19(22-13-23-20)24-16-8-6-7-15(11-16)21(26)27-3/h4-14H,1-3H3,(H2,22,23,24,25). The quantitative estimate of drug-likeness (QED) is 0.609. The summed E-state index contributed by atoms with van der Waals surface area (Å²) in [5, 5.41) is 6.54. The summed E-state index contributed by atoms with van der Waals surface area (Å²) in [5.74, 6) is 1.32. The van der Waals surface area contributed by atoms with Crippen LogP contribution in [0.1, 0.15) is 35.7 Å². The Kier molecular flexibility index (Phi) is 5.66. The van der Waals surface area contributed by atoms with Crippen LogP contribution in [0.3, 0.4) is 0 Å². The molecule has 3 aromatic rings. The number of esters is 1. The predicted octanol–water partition coefficient (Wildman–Crippen LogP) is 4.87. The number of carbonyl (C=O) groups excluding carboxylic acids is 1. The number of para-hydroxylation sites is 1. The van der Waals surface area contributed by atoms with Crippen LogP contribution in [0.25, 0.3) is 0 Å². The SMILES string of the molecule is COC(=O)c1cccc(Nc2cc(Nc3ccccc3C(C)C)ncn2)c1. The second kappa shape index (κ2) is 8.31. The lowest BCUT2D eigenvalue weighted by atomic mass is 10.0. The number of carbonyl (C=O) groups is 1. The summed E-state index contributed by atoms with van der Waals surface area (Å²) < 4.78 is 4.76. The molecule has 6 nitrogen and oxygen atoms in total. The van der Waals surface area contributed by atoms with Crippen LogP contribution in [0.4, 0.5) is 23.0 Å². The van der Waals surface area contributed by atoms with Gasteiger partial charge in [0.2, 0.25) is 0 Å². The third-order valence-electron chi connectivity index (χ3n) is 4.07. The zero-order valence-electron chi connectivity index (χ0n) is 15.6. The van der Waals surface area contributed by atoms with Gasteiger partial charge in [-0.1, -0.05) is 38.1 Å². The molecule has 0 atom stereocenters. The van der Waals surface area contributed by atoms with Gasteiger partial charge in [0, 0.05) is 17.4 Å². The molecule has 0 spiro atoms. The fraction of sp³-hybridized carbons (Fsp3) is 0.190. The number of rotatable bonds is 6. The fourth-order valence-electron chi connectivity index (χ4n) is 2.74. The lowest BCUT2D eigenvalue weighted by Crippen LogP contribution is -2.03. The summed E-state index contributed by atoms with van der Waals surface area (Å²) in [6, 6.07) is 17.0. The van der Waals surface area contributed by atoms with Gasteiger partial charge in [0.1, 0.15) is 18.0 Å². The van der Waals surface area contributed by atoms with Crippen molar-refractivity contribution in [1.29, 1.82) is 0 Å². The Morgan fingerprint density at radius 2 is 1.70 bits per heavy atom. The molecule has 0 radical (unpaired) electrons. The first-order valence-corrected chi connectivity index (χ1v) is 8.70. The van der Waals surface area contributed by atoms with Crippen LogP contribution < -0.4 is 10.6 Å². The molecular formula is C21H22N4O2. The van der Waals surface area contributed by atoms with Crippen LogP contribution in [-0.4, -0.2) is 23.0 Å². The van der Waals surface area contributed by atoms with E-state index in [-0.39, 0.29) is 5.97 Å². The number of aromatic nitrogens is 2. The zero-order chi connectivity index (χ0) is 19.2. The van der Waals surface area contributed by atoms with Crippen molar-refractivity contribution in [1.82, 2.24) is 9.97 Å². The van der Waals surface area contributed by atoms with Gasteiger partial charge in [-0.05, 0) is 35.7 Å². The molecule has 6 heteroatoms. The second-order valence-electron chi connectivity index (χ2n) is 6.35. The van der Waals surface area contributed by atoms with Crippen LogP contribution in [-0.2, 0) is 4.74 Å². The molecule has 0 aliphatic carbocycles. The molecule has 0 unspecified atom stereocenters. The minimum absolute atomic E-state index is 0.381. The summed E-state index contributed by atoms with van der Waals surface area (Å²) in [5.41, 5.74) is 3.45. The van der Waals surface area contributed by atoms with E-state index in [1.807, 2.05) is 30.3 Å². The monoisotopic (exact) mass is 362 g/mol. The molecule has 138 valence electrons. The van der Waals surface area contributed by atoms with Gasteiger partial charge >= 0.3 is 5.97 Å². The van der Waals surface area contributed by atoms with Crippen molar-refractivity contribution in [2.45, 2.75) is 19.8 Å². The first-order valence-electron chi connectivity index (χ1n) is 8.70. The maximum absolute atomic E-state index is 11.7. The molecule has 1 heterocycles. The first-order chi connectivity index (χ1) is 13.1. The first kappa shape index (κ1) is 18.4. The van der Waals surface area contributed by atoms with Gasteiger partial charge in [-0.15, -0.1) is 0 Å². The largest absolute Gasteiger partial charge is 0.465 e. The van der Waals surface area contributed by atoms with E-state index in [1.54, 1.807) is 18.2 Å². The average Bonchev–Trinajstić information content (AvgIpc) is 2.68. The average molecular weight is 362 g/mol. The molecule has 0 saturated carbocycles. The zero-order valence-corrected chi connectivity index (χ0v) is 15.6. The summed E-state index contributed by atoms with van der Waals surface area (Å²) >= 11 is 0. The molecule has 3 rings (SSSR count). The Morgan fingerprint density at radius 3 is 2.44 bits per heavy atom. The van der Waals surface area contributed by atoms with Gasteiger partial charge in [0.15, 0.2) is 0 Å². The minimum Gasteiger partial charge on any atom is -0.465 e. The number of nitrogens with one attached hydrogen (secondary N) is 2. The van der Waals surface area contributed by atoms with Gasteiger partial charge in [-0.2, -0.15) is 0 Å². The van der Waals surface area contributed by atoms with Gasteiger partial charge in [0.05, 0.1) is 12.7 Å². The van der Waals surface area contributed by atoms with Crippen molar-refractivity contribution in [3.63, 3.8) is 0 Å². The lowest BCUT2D eigenvalue weighted by Gasteiger charge is -2.14. The van der Waals surface area contributed by atoms with Crippen LogP contribution in [0, 0.1) is 0 Å². The number of hydrogen-bond donors (Lipinski definition) is 2. The molecule has 0 aliphatic heterocycles. The third-order valence-corrected chi connectivity index (χ3v) is 4.07. The van der Waals surface area contributed by atoms with E-state index < -0.39 is 0 Å². The van der Waals surface area contributed by atoms with Gasteiger partial charge < -0.3 is 15.4 Å². The molecule has 0 fully saturated rings. The second-order valence-corrected chi connectivity index (χ2v) is 6.35. The van der Waals surface area contributed by atoms with Crippen molar-refractivity contribution in [2.75, 3.05) is 17.7 Å². The number of ether oxygens (including phenoxy) is 1. The van der Waals surface area contributed by atoms with Crippen LogP contribution in [0.15, 0.2) is 60.9 Å². The highest BCUT2D eigenvalue weighted by molar-refractivity contribution is 5.90. The van der Waals surface area contributed by atoms with E-state index in [1.165, 1.54) is 19.0 Å². The smallest absolute Gasteiger partial charge is 0.337 e. The van der Waals surface area contributed by atoms with Gasteiger partial charge in [-0.25, -0.2) is 14.8 Å². The van der Waals surface area contributed by atoms with Gasteiger partial charge in [0.25, 0.3) is 0 Å². The van der Waals surface area contributed by atoms with Crippen molar-refractivity contribution in [3.8, 4) is 0 Å². The predicted molar refractivity (Wildman–Crippen MR) is 107 cm³/mol. The van der Waals surface area contributed by atoms with Crippen LogP contribution >= 0.6 is 0 Å². The maximum Gasteiger partial charge on any atom is 0.337 e. The Hall–Kier alpha value is -3.41. The maximum atomic E-state index is 11.7. The fourth-order valence-corrected chi connectivity index (χ4v) is 2.74. The molecule has 1 aromatic heterocycles. The molecule has 0 amide bonds. The molecule has 27 heavy (non-hydrogen) atoms. The lowest BCUT2D eigenvalue weighted by molar-refractivity contribution is 0.0601. The van der Waals surface area contributed by atoms with E-state index in [9.17, 15) is 4.79 Å². The van der Waals surface area contributed by atoms with E-state index in [4.69, 9.17) is 4.74 Å². The van der Waals surface area contributed by atoms with Crippen LogP contribution in [0.5, 0.6) is 0 Å².